The van der Waals surface area contributed by atoms with Gasteiger partial charge in [-0.1, -0.05) is 29.8 Å². The van der Waals surface area contributed by atoms with Gasteiger partial charge in [0.1, 0.15) is 0 Å². The molecule has 1 amide bonds. The number of hydrogen-bond donors (Lipinski definition) is 0. The molecule has 1 fully saturated rings. The average Bonchev–Trinajstić information content (AvgIpc) is 3.20. The molecule has 1 saturated heterocycles. The van der Waals surface area contributed by atoms with Crippen molar-refractivity contribution >= 4 is 34.1 Å². The number of para-hydroxylation sites is 1. The van der Waals surface area contributed by atoms with E-state index >= 15 is 0 Å². The van der Waals surface area contributed by atoms with Crippen molar-refractivity contribution in [2.75, 3.05) is 31.1 Å². The SMILES string of the molecule is O=C(c1cn(-c2ncccn2)c2ccccc12)N1CCN(c2ccc(Cl)cc2)CC1. The third kappa shape index (κ3) is 3.39. The molecule has 0 aliphatic carbocycles. The first kappa shape index (κ1) is 18.6. The van der Waals surface area contributed by atoms with Crippen LogP contribution < -0.4 is 4.90 Å². The molecule has 1 aliphatic rings. The molecular weight excluding hydrogens is 398 g/mol. The first-order valence-corrected chi connectivity index (χ1v) is 10.3. The molecule has 0 unspecified atom stereocenters. The lowest BCUT2D eigenvalue weighted by atomic mass is 10.1. The van der Waals surface area contributed by atoms with E-state index in [-0.39, 0.29) is 5.91 Å². The summed E-state index contributed by atoms with van der Waals surface area (Å²) in [6.45, 7) is 2.91. The Hall–Kier alpha value is -3.38. The van der Waals surface area contributed by atoms with Crippen molar-refractivity contribution in [1.82, 2.24) is 19.4 Å². The van der Waals surface area contributed by atoms with Crippen molar-refractivity contribution in [1.29, 1.82) is 0 Å². The predicted molar refractivity (Wildman–Crippen MR) is 118 cm³/mol. The second-order valence-corrected chi connectivity index (χ2v) is 7.67. The molecule has 0 spiro atoms. The minimum absolute atomic E-state index is 0.0386. The zero-order chi connectivity index (χ0) is 20.5. The van der Waals surface area contributed by atoms with Crippen LogP contribution in [0.4, 0.5) is 5.69 Å². The summed E-state index contributed by atoms with van der Waals surface area (Å²) in [5, 5.41) is 1.64. The van der Waals surface area contributed by atoms with Gasteiger partial charge in [-0.25, -0.2) is 9.97 Å². The highest BCUT2D eigenvalue weighted by Crippen LogP contribution is 2.26. The van der Waals surface area contributed by atoms with Crippen LogP contribution in [0.5, 0.6) is 0 Å². The summed E-state index contributed by atoms with van der Waals surface area (Å²) < 4.78 is 1.88. The molecule has 2 aromatic carbocycles. The number of rotatable bonds is 3. The molecule has 3 heterocycles. The van der Waals surface area contributed by atoms with Crippen molar-refractivity contribution in [2.45, 2.75) is 0 Å². The number of carbonyl (C=O) groups is 1. The van der Waals surface area contributed by atoms with Crippen LogP contribution in [0.3, 0.4) is 0 Å². The molecule has 0 atom stereocenters. The van der Waals surface area contributed by atoms with E-state index in [4.69, 9.17) is 11.6 Å². The first-order chi connectivity index (χ1) is 14.7. The fraction of sp³-hybridized carbons (Fsp3) is 0.174. The maximum Gasteiger partial charge on any atom is 0.256 e. The summed E-state index contributed by atoms with van der Waals surface area (Å²) in [5.41, 5.74) is 2.73. The lowest BCUT2D eigenvalue weighted by molar-refractivity contribution is 0.0748. The zero-order valence-corrected chi connectivity index (χ0v) is 17.0. The molecule has 4 aromatic rings. The number of amides is 1. The number of hydrogen-bond acceptors (Lipinski definition) is 4. The van der Waals surface area contributed by atoms with Crippen LogP contribution in [0.1, 0.15) is 10.4 Å². The van der Waals surface area contributed by atoms with E-state index in [0.29, 0.717) is 24.6 Å². The molecule has 0 bridgehead atoms. The average molecular weight is 418 g/mol. The van der Waals surface area contributed by atoms with Crippen molar-refractivity contribution in [3.05, 3.63) is 83.8 Å². The van der Waals surface area contributed by atoms with Crippen LogP contribution in [0.15, 0.2) is 73.2 Å². The van der Waals surface area contributed by atoms with Gasteiger partial charge in [0, 0.05) is 60.9 Å². The van der Waals surface area contributed by atoms with Gasteiger partial charge >= 0.3 is 0 Å². The fourth-order valence-corrected chi connectivity index (χ4v) is 4.05. The fourth-order valence-electron chi connectivity index (χ4n) is 3.92. The summed E-state index contributed by atoms with van der Waals surface area (Å²) in [6.07, 6.45) is 5.26. The third-order valence-electron chi connectivity index (χ3n) is 5.47. The predicted octanol–water partition coefficient (Wildman–Crippen LogP) is 4.04. The second-order valence-electron chi connectivity index (χ2n) is 7.23. The molecular formula is C23H20ClN5O. The van der Waals surface area contributed by atoms with Crippen molar-refractivity contribution < 1.29 is 4.79 Å². The lowest BCUT2D eigenvalue weighted by Crippen LogP contribution is -2.48. The summed E-state index contributed by atoms with van der Waals surface area (Å²) in [4.78, 5) is 26.3. The summed E-state index contributed by atoms with van der Waals surface area (Å²) in [5.74, 6) is 0.594. The number of halogens is 1. The minimum atomic E-state index is 0.0386. The van der Waals surface area contributed by atoms with Gasteiger partial charge in [0.2, 0.25) is 5.95 Å². The normalized spacial score (nSPS) is 14.3. The number of carbonyl (C=O) groups excluding carboxylic acids is 1. The molecule has 30 heavy (non-hydrogen) atoms. The van der Waals surface area contributed by atoms with E-state index in [9.17, 15) is 4.79 Å². The Morgan fingerprint density at radius 1 is 0.867 bits per heavy atom. The van der Waals surface area contributed by atoms with Gasteiger partial charge in [-0.15, -0.1) is 0 Å². The first-order valence-electron chi connectivity index (χ1n) is 9.88. The highest BCUT2D eigenvalue weighted by molar-refractivity contribution is 6.30. The number of aromatic nitrogens is 3. The molecule has 0 N–H and O–H groups in total. The van der Waals surface area contributed by atoms with Gasteiger partial charge in [-0.3, -0.25) is 9.36 Å². The largest absolute Gasteiger partial charge is 0.368 e. The molecule has 0 saturated carbocycles. The molecule has 5 rings (SSSR count). The van der Waals surface area contributed by atoms with E-state index in [0.717, 1.165) is 34.7 Å². The standard InChI is InChI=1S/C23H20ClN5O/c24-17-6-8-18(9-7-17)27-12-14-28(15-13-27)22(30)20-16-29(23-25-10-3-11-26-23)21-5-2-1-4-19(20)21/h1-11,16H,12-15H2. The van der Waals surface area contributed by atoms with E-state index in [1.54, 1.807) is 18.5 Å². The van der Waals surface area contributed by atoms with Crippen molar-refractivity contribution in [3.63, 3.8) is 0 Å². The molecule has 2 aromatic heterocycles. The Morgan fingerprint density at radius 3 is 2.30 bits per heavy atom. The van der Waals surface area contributed by atoms with Gasteiger partial charge in [-0.2, -0.15) is 0 Å². The maximum absolute atomic E-state index is 13.4. The van der Waals surface area contributed by atoms with Crippen LogP contribution >= 0.6 is 11.6 Å². The van der Waals surface area contributed by atoms with E-state index in [1.165, 1.54) is 0 Å². The highest BCUT2D eigenvalue weighted by Gasteiger charge is 2.25. The Bertz CT molecular complexity index is 1180. The molecule has 7 heteroatoms. The smallest absolute Gasteiger partial charge is 0.256 e. The van der Waals surface area contributed by atoms with Crippen molar-refractivity contribution in [3.8, 4) is 5.95 Å². The Morgan fingerprint density at radius 2 is 1.57 bits per heavy atom. The quantitative estimate of drug-likeness (QED) is 0.505. The Balaban J connectivity index is 1.40. The third-order valence-corrected chi connectivity index (χ3v) is 5.72. The van der Waals surface area contributed by atoms with Crippen LogP contribution in [-0.4, -0.2) is 51.5 Å². The molecule has 1 aliphatic heterocycles. The van der Waals surface area contributed by atoms with E-state index in [2.05, 4.69) is 14.9 Å². The number of anilines is 1. The summed E-state index contributed by atoms with van der Waals surface area (Å²) >= 11 is 5.99. The van der Waals surface area contributed by atoms with E-state index < -0.39 is 0 Å². The second kappa shape index (κ2) is 7.80. The Kier molecular flexibility index (Phi) is 4.85. The van der Waals surface area contributed by atoms with Gasteiger partial charge in [0.05, 0.1) is 11.1 Å². The summed E-state index contributed by atoms with van der Waals surface area (Å²) in [6, 6.07) is 17.5. The van der Waals surface area contributed by atoms with Crippen LogP contribution in [0.2, 0.25) is 5.02 Å². The lowest BCUT2D eigenvalue weighted by Gasteiger charge is -2.36. The van der Waals surface area contributed by atoms with Gasteiger partial charge < -0.3 is 9.80 Å². The van der Waals surface area contributed by atoms with Gasteiger partial charge in [0.25, 0.3) is 5.91 Å². The van der Waals surface area contributed by atoms with Gasteiger partial charge in [0.15, 0.2) is 0 Å². The Labute approximate surface area is 179 Å². The number of piperazine rings is 1. The maximum atomic E-state index is 13.4. The van der Waals surface area contributed by atoms with Gasteiger partial charge in [-0.05, 0) is 36.4 Å². The number of nitrogens with zero attached hydrogens (tertiary/aromatic N) is 5. The van der Waals surface area contributed by atoms with Crippen LogP contribution in [0.25, 0.3) is 16.9 Å². The number of benzene rings is 2. The van der Waals surface area contributed by atoms with Crippen molar-refractivity contribution in [2.24, 2.45) is 0 Å². The topological polar surface area (TPSA) is 54.3 Å². The van der Waals surface area contributed by atoms with Crippen LogP contribution in [0, 0.1) is 0 Å². The molecule has 6 nitrogen and oxygen atoms in total. The number of fused-ring (bicyclic) bond motifs is 1. The summed E-state index contributed by atoms with van der Waals surface area (Å²) in [7, 11) is 0. The van der Waals surface area contributed by atoms with E-state index in [1.807, 2.05) is 64.2 Å². The molecule has 150 valence electrons. The minimum Gasteiger partial charge on any atom is -0.368 e. The highest BCUT2D eigenvalue weighted by atomic mass is 35.5. The zero-order valence-electron chi connectivity index (χ0n) is 16.3. The molecule has 0 radical (unpaired) electrons. The van der Waals surface area contributed by atoms with Crippen LogP contribution in [-0.2, 0) is 0 Å². The monoisotopic (exact) mass is 417 g/mol.